The summed E-state index contributed by atoms with van der Waals surface area (Å²) < 4.78 is 10.3. The third-order valence-corrected chi connectivity index (χ3v) is 4.22. The number of methoxy groups -OCH3 is 1. The first-order valence-corrected chi connectivity index (χ1v) is 9.06. The lowest BCUT2D eigenvalue weighted by molar-refractivity contribution is 0.0600. The molecule has 0 atom stereocenters. The zero-order chi connectivity index (χ0) is 17.7. The zero-order valence-electron chi connectivity index (χ0n) is 14.4. The molecule has 0 aliphatic heterocycles. The van der Waals surface area contributed by atoms with Gasteiger partial charge in [0, 0.05) is 17.9 Å². The molecule has 0 amide bonds. The Labute approximate surface area is 153 Å². The quantitative estimate of drug-likeness (QED) is 0.292. The van der Waals surface area contributed by atoms with E-state index in [1.54, 1.807) is 12.1 Å². The van der Waals surface area contributed by atoms with Crippen molar-refractivity contribution >= 4 is 17.7 Å². The minimum absolute atomic E-state index is 0.322. The maximum atomic E-state index is 11.3. The van der Waals surface area contributed by atoms with E-state index in [9.17, 15) is 4.79 Å². The Morgan fingerprint density at radius 3 is 2.52 bits per heavy atom. The number of unbranched alkanes of at least 4 members (excludes halogenated alkanes) is 2. The van der Waals surface area contributed by atoms with Crippen molar-refractivity contribution in [2.45, 2.75) is 30.8 Å². The molecule has 0 unspecified atom stereocenters. The molecule has 130 valence electrons. The second kappa shape index (κ2) is 11.4. The molecular weight excluding hydrogens is 332 g/mol. The van der Waals surface area contributed by atoms with Crippen molar-refractivity contribution < 1.29 is 14.3 Å². The lowest BCUT2D eigenvalue weighted by Gasteiger charge is -2.03. The fourth-order valence-electron chi connectivity index (χ4n) is 2.10. The van der Waals surface area contributed by atoms with Gasteiger partial charge in [-0.25, -0.2) is 4.79 Å². The Bertz CT molecular complexity index is 699. The molecule has 0 aliphatic rings. The van der Waals surface area contributed by atoms with Gasteiger partial charge in [0.05, 0.1) is 19.3 Å². The molecule has 0 bridgehead atoms. The van der Waals surface area contributed by atoms with Crippen LogP contribution in [0.25, 0.3) is 0 Å². The number of hydrogen-bond acceptors (Lipinski definition) is 4. The molecule has 2 rings (SSSR count). The van der Waals surface area contributed by atoms with E-state index < -0.39 is 0 Å². The fraction of sp³-hybridized carbons (Fsp3) is 0.286. The normalized spacial score (nSPS) is 9.96. The zero-order valence-corrected chi connectivity index (χ0v) is 15.2. The van der Waals surface area contributed by atoms with E-state index >= 15 is 0 Å². The number of rotatable bonds is 8. The molecule has 2 aromatic carbocycles. The van der Waals surface area contributed by atoms with Crippen molar-refractivity contribution in [2.24, 2.45) is 0 Å². The van der Waals surface area contributed by atoms with Gasteiger partial charge in [0.25, 0.3) is 0 Å². The van der Waals surface area contributed by atoms with Crippen LogP contribution in [-0.4, -0.2) is 19.7 Å². The molecule has 4 heteroatoms. The van der Waals surface area contributed by atoms with Crippen LogP contribution in [0.4, 0.5) is 0 Å². The maximum Gasteiger partial charge on any atom is 0.337 e. The van der Waals surface area contributed by atoms with Crippen molar-refractivity contribution in [2.75, 3.05) is 13.7 Å². The van der Waals surface area contributed by atoms with Crippen molar-refractivity contribution in [3.8, 4) is 11.2 Å². The summed E-state index contributed by atoms with van der Waals surface area (Å²) in [5, 5.41) is 3.09. The number of ether oxygens (including phenoxy) is 2. The Morgan fingerprint density at radius 2 is 1.80 bits per heavy atom. The van der Waals surface area contributed by atoms with Crippen LogP contribution in [0.2, 0.25) is 0 Å². The second-order valence-electron chi connectivity index (χ2n) is 5.39. The van der Waals surface area contributed by atoms with Gasteiger partial charge in [-0.2, -0.15) is 0 Å². The summed E-state index contributed by atoms with van der Waals surface area (Å²) in [7, 11) is 1.38. The highest BCUT2D eigenvalue weighted by molar-refractivity contribution is 8.03. The topological polar surface area (TPSA) is 35.5 Å². The van der Waals surface area contributed by atoms with Gasteiger partial charge in [-0.15, -0.1) is 0 Å². The third kappa shape index (κ3) is 7.47. The van der Waals surface area contributed by atoms with Crippen LogP contribution in [0.15, 0.2) is 59.5 Å². The number of carbonyl (C=O) groups is 1. The third-order valence-electron chi connectivity index (χ3n) is 3.47. The van der Waals surface area contributed by atoms with Crippen LogP contribution in [0.5, 0.6) is 0 Å². The Kier molecular flexibility index (Phi) is 8.68. The molecule has 0 heterocycles. The Balaban J connectivity index is 1.56. The van der Waals surface area contributed by atoms with Crippen LogP contribution in [0, 0.1) is 11.2 Å². The molecule has 0 aliphatic carbocycles. The minimum atomic E-state index is -0.322. The fourth-order valence-corrected chi connectivity index (χ4v) is 2.67. The SMILES string of the molecule is COC(=O)c1ccc(SC#CCCCCOCc2ccccc2)cc1. The smallest absolute Gasteiger partial charge is 0.337 e. The number of thioether (sulfide) groups is 1. The van der Waals surface area contributed by atoms with Gasteiger partial charge in [0.2, 0.25) is 0 Å². The van der Waals surface area contributed by atoms with Gasteiger partial charge in [0.1, 0.15) is 0 Å². The van der Waals surface area contributed by atoms with Gasteiger partial charge in [-0.05, 0) is 59.7 Å². The molecule has 0 aromatic heterocycles. The lowest BCUT2D eigenvalue weighted by Crippen LogP contribution is -1.99. The number of carbonyl (C=O) groups excluding carboxylic acids is 1. The predicted molar refractivity (Wildman–Crippen MR) is 101 cm³/mol. The minimum Gasteiger partial charge on any atom is -0.465 e. The van der Waals surface area contributed by atoms with Gasteiger partial charge in [0.15, 0.2) is 0 Å². The van der Waals surface area contributed by atoms with Crippen molar-refractivity contribution in [3.63, 3.8) is 0 Å². The Morgan fingerprint density at radius 1 is 1.04 bits per heavy atom. The largest absolute Gasteiger partial charge is 0.465 e. The number of esters is 1. The summed E-state index contributed by atoms with van der Waals surface area (Å²) in [6.07, 6.45) is 2.91. The average molecular weight is 354 g/mol. The molecule has 3 nitrogen and oxygen atoms in total. The average Bonchev–Trinajstić information content (AvgIpc) is 2.67. The molecule has 0 radical (unpaired) electrons. The highest BCUT2D eigenvalue weighted by Crippen LogP contribution is 2.17. The van der Waals surface area contributed by atoms with Crippen molar-refractivity contribution in [1.82, 2.24) is 0 Å². The molecule has 0 saturated carbocycles. The van der Waals surface area contributed by atoms with Crippen LogP contribution in [0.3, 0.4) is 0 Å². The summed E-state index contributed by atoms with van der Waals surface area (Å²) in [6.45, 7) is 1.43. The lowest BCUT2D eigenvalue weighted by atomic mass is 10.2. The van der Waals surface area contributed by atoms with E-state index in [1.807, 2.05) is 30.3 Å². The molecule has 0 spiro atoms. The summed E-state index contributed by atoms with van der Waals surface area (Å²) in [5.74, 6) is 2.83. The summed E-state index contributed by atoms with van der Waals surface area (Å²) in [6, 6.07) is 17.4. The van der Waals surface area contributed by atoms with E-state index in [1.165, 1.54) is 24.4 Å². The van der Waals surface area contributed by atoms with Gasteiger partial charge < -0.3 is 9.47 Å². The standard InChI is InChI=1S/C21H22O3S/c1-23-21(22)19-11-13-20(14-12-19)25-16-8-3-2-7-15-24-17-18-9-5-4-6-10-18/h4-6,9-14H,2-3,7,15,17H2,1H3. The van der Waals surface area contributed by atoms with Crippen molar-refractivity contribution in [1.29, 1.82) is 0 Å². The van der Waals surface area contributed by atoms with Crippen LogP contribution < -0.4 is 0 Å². The highest BCUT2D eigenvalue weighted by Gasteiger charge is 2.03. The molecule has 0 fully saturated rings. The first-order valence-electron chi connectivity index (χ1n) is 8.24. The summed E-state index contributed by atoms with van der Waals surface area (Å²) in [5.41, 5.74) is 1.76. The number of benzene rings is 2. The van der Waals surface area contributed by atoms with Crippen LogP contribution in [0.1, 0.15) is 35.2 Å². The van der Waals surface area contributed by atoms with E-state index in [2.05, 4.69) is 28.0 Å². The van der Waals surface area contributed by atoms with E-state index in [0.717, 1.165) is 30.8 Å². The second-order valence-corrected chi connectivity index (χ2v) is 6.27. The molecular formula is C21H22O3S. The van der Waals surface area contributed by atoms with Crippen molar-refractivity contribution in [3.05, 3.63) is 65.7 Å². The molecule has 2 aromatic rings. The Hall–Kier alpha value is -2.22. The summed E-state index contributed by atoms with van der Waals surface area (Å²) in [4.78, 5) is 12.4. The van der Waals surface area contributed by atoms with Gasteiger partial charge >= 0.3 is 5.97 Å². The molecule has 0 N–H and O–H groups in total. The van der Waals surface area contributed by atoms with E-state index in [4.69, 9.17) is 4.74 Å². The maximum absolute atomic E-state index is 11.3. The first kappa shape index (κ1) is 19.1. The molecule has 25 heavy (non-hydrogen) atoms. The van der Waals surface area contributed by atoms with Gasteiger partial charge in [-0.3, -0.25) is 0 Å². The van der Waals surface area contributed by atoms with Crippen LogP contribution >= 0.6 is 11.8 Å². The monoisotopic (exact) mass is 354 g/mol. The van der Waals surface area contributed by atoms with E-state index in [0.29, 0.717) is 12.2 Å². The first-order chi connectivity index (χ1) is 12.3. The highest BCUT2D eigenvalue weighted by atomic mass is 32.2. The van der Waals surface area contributed by atoms with Gasteiger partial charge in [-0.1, -0.05) is 36.3 Å². The summed E-state index contributed by atoms with van der Waals surface area (Å²) >= 11 is 1.47. The van der Waals surface area contributed by atoms with E-state index in [-0.39, 0.29) is 5.97 Å². The predicted octanol–water partition coefficient (Wildman–Crippen LogP) is 4.91. The molecule has 0 saturated heterocycles. The number of hydrogen-bond donors (Lipinski definition) is 0. The van der Waals surface area contributed by atoms with Crippen LogP contribution in [-0.2, 0) is 16.1 Å².